The van der Waals surface area contributed by atoms with Crippen molar-refractivity contribution in [3.63, 3.8) is 0 Å². The van der Waals surface area contributed by atoms with Crippen LogP contribution in [-0.4, -0.2) is 31.6 Å². The summed E-state index contributed by atoms with van der Waals surface area (Å²) in [4.78, 5) is 33.2. The van der Waals surface area contributed by atoms with E-state index in [-0.39, 0.29) is 11.8 Å². The Bertz CT molecular complexity index is 1460. The van der Waals surface area contributed by atoms with Gasteiger partial charge in [0.2, 0.25) is 5.91 Å². The predicted molar refractivity (Wildman–Crippen MR) is 129 cm³/mol. The third kappa shape index (κ3) is 4.35. The number of fused-ring (bicyclic) bond motifs is 1. The lowest BCUT2D eigenvalue weighted by atomic mass is 10.1. The molecule has 0 atom stereocenters. The zero-order chi connectivity index (χ0) is 22.8. The van der Waals surface area contributed by atoms with Crippen LogP contribution in [0.2, 0.25) is 0 Å². The van der Waals surface area contributed by atoms with Gasteiger partial charge in [0.05, 0.1) is 21.5 Å². The van der Waals surface area contributed by atoms with Crippen molar-refractivity contribution in [2.45, 2.75) is 6.92 Å². The molecule has 0 bridgehead atoms. The highest BCUT2D eigenvalue weighted by molar-refractivity contribution is 7.22. The molecule has 0 aliphatic heterocycles. The van der Waals surface area contributed by atoms with E-state index in [9.17, 15) is 9.59 Å². The summed E-state index contributed by atoms with van der Waals surface area (Å²) < 4.78 is 2.53. The van der Waals surface area contributed by atoms with Crippen LogP contribution in [0.5, 0.6) is 0 Å². The van der Waals surface area contributed by atoms with Crippen molar-refractivity contribution in [1.29, 1.82) is 0 Å². The Balaban J connectivity index is 1.49. The number of benzene rings is 2. The molecule has 162 valence electrons. The normalized spacial score (nSPS) is 10.8. The number of rotatable bonds is 5. The number of carbonyl (C=O) groups is 2. The number of hydrogen-bond acceptors (Lipinski definition) is 6. The molecule has 9 heteroatoms. The van der Waals surface area contributed by atoms with E-state index in [2.05, 4.69) is 25.7 Å². The average Bonchev–Trinajstić information content (AvgIpc) is 3.44. The summed E-state index contributed by atoms with van der Waals surface area (Å²) in [5, 5.41) is 10.8. The molecule has 3 aromatic heterocycles. The number of hydrogen-bond donors (Lipinski definition) is 2. The Kier molecular flexibility index (Phi) is 5.37. The smallest absolute Gasteiger partial charge is 0.261 e. The number of para-hydroxylation sites is 1. The second kappa shape index (κ2) is 8.64. The lowest BCUT2D eigenvalue weighted by Crippen LogP contribution is -2.12. The second-order valence-corrected chi connectivity index (χ2v) is 8.28. The minimum Gasteiger partial charge on any atom is -0.326 e. The molecule has 8 nitrogen and oxygen atoms in total. The maximum atomic E-state index is 13.3. The number of nitrogens with zero attached hydrogens (tertiary/aromatic N) is 4. The number of amides is 2. The third-order valence-electron chi connectivity index (χ3n) is 4.84. The van der Waals surface area contributed by atoms with Crippen molar-refractivity contribution in [2.24, 2.45) is 0 Å². The fourth-order valence-corrected chi connectivity index (χ4v) is 4.29. The third-order valence-corrected chi connectivity index (χ3v) is 5.78. The van der Waals surface area contributed by atoms with Gasteiger partial charge < -0.3 is 5.32 Å². The minimum absolute atomic E-state index is 0.147. The standard InChI is InChI=1S/C24H18N6O2S/c1-15(31)26-17-9-10-20-21(12-17)33-24(27-20)28-23(32)19-14-30(18-7-3-2-4-8-18)29-22(19)16-6-5-11-25-13-16/h2-14H,1H3,(H,26,31)(H,27,28,32). The number of carbonyl (C=O) groups excluding carboxylic acids is 2. The van der Waals surface area contributed by atoms with Crippen LogP contribution < -0.4 is 10.6 Å². The Morgan fingerprint density at radius 1 is 1.00 bits per heavy atom. The molecule has 0 aliphatic rings. The van der Waals surface area contributed by atoms with Gasteiger partial charge in [-0.2, -0.15) is 5.10 Å². The monoisotopic (exact) mass is 454 g/mol. The summed E-state index contributed by atoms with van der Waals surface area (Å²) in [5.74, 6) is -0.470. The van der Waals surface area contributed by atoms with Crippen LogP contribution in [0.4, 0.5) is 10.8 Å². The molecule has 0 aliphatic carbocycles. The van der Waals surface area contributed by atoms with E-state index in [1.807, 2.05) is 42.5 Å². The first-order valence-electron chi connectivity index (χ1n) is 10.1. The van der Waals surface area contributed by atoms with Crippen LogP contribution in [-0.2, 0) is 4.79 Å². The van der Waals surface area contributed by atoms with Gasteiger partial charge in [-0.25, -0.2) is 9.67 Å². The number of nitrogens with one attached hydrogen (secondary N) is 2. The highest BCUT2D eigenvalue weighted by Gasteiger charge is 2.20. The maximum Gasteiger partial charge on any atom is 0.261 e. The first-order valence-corrected chi connectivity index (χ1v) is 10.9. The first kappa shape index (κ1) is 20.5. The van der Waals surface area contributed by atoms with E-state index in [1.54, 1.807) is 41.5 Å². The fourth-order valence-electron chi connectivity index (χ4n) is 3.39. The Hall–Kier alpha value is -4.37. The molecule has 0 spiro atoms. The molecule has 33 heavy (non-hydrogen) atoms. The summed E-state index contributed by atoms with van der Waals surface area (Å²) in [6, 6.07) is 18.7. The number of thiazole rings is 1. The summed E-state index contributed by atoms with van der Waals surface area (Å²) in [6.45, 7) is 1.46. The number of pyridine rings is 1. The van der Waals surface area contributed by atoms with Gasteiger partial charge in [0.15, 0.2) is 5.13 Å². The van der Waals surface area contributed by atoms with Gasteiger partial charge in [-0.1, -0.05) is 29.5 Å². The van der Waals surface area contributed by atoms with Crippen LogP contribution in [0, 0.1) is 0 Å². The molecule has 5 rings (SSSR count). The lowest BCUT2D eigenvalue weighted by Gasteiger charge is -2.02. The zero-order valence-electron chi connectivity index (χ0n) is 17.5. The molecule has 5 aromatic rings. The van der Waals surface area contributed by atoms with Gasteiger partial charge in [0, 0.05) is 36.8 Å². The van der Waals surface area contributed by atoms with E-state index < -0.39 is 0 Å². The molecule has 0 saturated carbocycles. The number of aromatic nitrogens is 4. The topological polar surface area (TPSA) is 102 Å². The average molecular weight is 455 g/mol. The van der Waals surface area contributed by atoms with Gasteiger partial charge >= 0.3 is 0 Å². The van der Waals surface area contributed by atoms with E-state index in [0.717, 1.165) is 21.5 Å². The van der Waals surface area contributed by atoms with Crippen LogP contribution in [0.25, 0.3) is 27.2 Å². The fraction of sp³-hybridized carbons (Fsp3) is 0.0417. The molecule has 0 saturated heterocycles. The largest absolute Gasteiger partial charge is 0.326 e. The maximum absolute atomic E-state index is 13.3. The zero-order valence-corrected chi connectivity index (χ0v) is 18.3. The quantitative estimate of drug-likeness (QED) is 0.399. The van der Waals surface area contributed by atoms with E-state index in [4.69, 9.17) is 0 Å². The van der Waals surface area contributed by atoms with Crippen molar-refractivity contribution in [1.82, 2.24) is 19.7 Å². The van der Waals surface area contributed by atoms with Crippen molar-refractivity contribution < 1.29 is 9.59 Å². The Morgan fingerprint density at radius 2 is 1.85 bits per heavy atom. The summed E-state index contributed by atoms with van der Waals surface area (Å²) >= 11 is 1.33. The van der Waals surface area contributed by atoms with Crippen molar-refractivity contribution in [3.05, 3.63) is 84.8 Å². The van der Waals surface area contributed by atoms with E-state index in [0.29, 0.717) is 22.1 Å². The first-order chi connectivity index (χ1) is 16.1. The molecule has 0 fully saturated rings. The van der Waals surface area contributed by atoms with E-state index >= 15 is 0 Å². The van der Waals surface area contributed by atoms with Gasteiger partial charge in [0.1, 0.15) is 5.69 Å². The molecular weight excluding hydrogens is 436 g/mol. The molecular formula is C24H18N6O2S. The molecule has 2 amide bonds. The minimum atomic E-state index is -0.322. The van der Waals surface area contributed by atoms with Gasteiger partial charge in [-0.05, 0) is 42.5 Å². The summed E-state index contributed by atoms with van der Waals surface area (Å²) in [5.41, 5.74) is 3.92. The highest BCUT2D eigenvalue weighted by atomic mass is 32.1. The van der Waals surface area contributed by atoms with Crippen molar-refractivity contribution in [3.8, 4) is 16.9 Å². The number of anilines is 2. The lowest BCUT2D eigenvalue weighted by molar-refractivity contribution is -0.114. The highest BCUT2D eigenvalue weighted by Crippen LogP contribution is 2.30. The SMILES string of the molecule is CC(=O)Nc1ccc2nc(NC(=O)c3cn(-c4ccccc4)nc3-c3cccnc3)sc2c1. The van der Waals surface area contributed by atoms with Crippen molar-refractivity contribution in [2.75, 3.05) is 10.6 Å². The van der Waals surface area contributed by atoms with Crippen LogP contribution in [0.15, 0.2) is 79.3 Å². The molecule has 3 heterocycles. The Labute approximate surface area is 192 Å². The van der Waals surface area contributed by atoms with Crippen molar-refractivity contribution >= 4 is 44.2 Å². The van der Waals surface area contributed by atoms with Crippen LogP contribution in [0.1, 0.15) is 17.3 Å². The molecule has 2 N–H and O–H groups in total. The molecule has 2 aromatic carbocycles. The molecule has 0 radical (unpaired) electrons. The predicted octanol–water partition coefficient (Wildman–Crippen LogP) is 4.75. The molecule has 0 unspecified atom stereocenters. The van der Waals surface area contributed by atoms with Crippen LogP contribution in [0.3, 0.4) is 0 Å². The van der Waals surface area contributed by atoms with Gasteiger partial charge in [-0.3, -0.25) is 19.9 Å². The summed E-state index contributed by atoms with van der Waals surface area (Å²) in [7, 11) is 0. The Morgan fingerprint density at radius 3 is 2.61 bits per heavy atom. The van der Waals surface area contributed by atoms with Gasteiger partial charge in [0.25, 0.3) is 5.91 Å². The summed E-state index contributed by atoms with van der Waals surface area (Å²) in [6.07, 6.45) is 5.05. The van der Waals surface area contributed by atoms with Crippen LogP contribution >= 0.6 is 11.3 Å². The van der Waals surface area contributed by atoms with Gasteiger partial charge in [-0.15, -0.1) is 0 Å². The second-order valence-electron chi connectivity index (χ2n) is 7.25. The van der Waals surface area contributed by atoms with E-state index in [1.165, 1.54) is 18.3 Å².